The fraction of sp³-hybridized carbons (Fsp3) is 0.0500. The SMILES string of the molecule is Cc1cccc(Nc2nc(-c3ccnc(-c4ccncc4)c3)cs2)c1. The van der Waals surface area contributed by atoms with Crippen molar-refractivity contribution in [2.45, 2.75) is 6.92 Å². The maximum atomic E-state index is 4.71. The molecule has 1 aromatic carbocycles. The van der Waals surface area contributed by atoms with E-state index >= 15 is 0 Å². The molecule has 0 amide bonds. The molecular weight excluding hydrogens is 328 g/mol. The summed E-state index contributed by atoms with van der Waals surface area (Å²) in [6.45, 7) is 2.08. The summed E-state index contributed by atoms with van der Waals surface area (Å²) >= 11 is 1.59. The van der Waals surface area contributed by atoms with E-state index in [1.165, 1.54) is 5.56 Å². The topological polar surface area (TPSA) is 50.7 Å². The van der Waals surface area contributed by atoms with Crippen LogP contribution >= 0.6 is 11.3 Å². The molecule has 0 spiro atoms. The first-order valence-electron chi connectivity index (χ1n) is 7.94. The van der Waals surface area contributed by atoms with Crippen LogP contribution in [-0.2, 0) is 0 Å². The molecule has 0 saturated carbocycles. The highest BCUT2D eigenvalue weighted by Crippen LogP contribution is 2.29. The lowest BCUT2D eigenvalue weighted by molar-refractivity contribution is 1.28. The van der Waals surface area contributed by atoms with Crippen molar-refractivity contribution < 1.29 is 0 Å². The van der Waals surface area contributed by atoms with Gasteiger partial charge in [0.15, 0.2) is 5.13 Å². The van der Waals surface area contributed by atoms with Crippen molar-refractivity contribution >= 4 is 22.2 Å². The zero-order chi connectivity index (χ0) is 17.1. The lowest BCUT2D eigenvalue weighted by Gasteiger charge is -2.04. The Morgan fingerprint density at radius 2 is 1.72 bits per heavy atom. The summed E-state index contributed by atoms with van der Waals surface area (Å²) in [7, 11) is 0. The minimum Gasteiger partial charge on any atom is -0.332 e. The number of benzene rings is 1. The molecule has 4 aromatic rings. The van der Waals surface area contributed by atoms with Crippen LogP contribution in [0.4, 0.5) is 10.8 Å². The Kier molecular flexibility index (Phi) is 4.23. The third kappa shape index (κ3) is 3.56. The van der Waals surface area contributed by atoms with Crippen LogP contribution < -0.4 is 5.32 Å². The smallest absolute Gasteiger partial charge is 0.187 e. The van der Waals surface area contributed by atoms with Crippen LogP contribution in [0.2, 0.25) is 0 Å². The number of aryl methyl sites for hydroxylation is 1. The van der Waals surface area contributed by atoms with E-state index in [1.54, 1.807) is 23.7 Å². The van der Waals surface area contributed by atoms with Crippen molar-refractivity contribution in [3.8, 4) is 22.5 Å². The number of anilines is 2. The van der Waals surface area contributed by atoms with Gasteiger partial charge in [-0.25, -0.2) is 4.98 Å². The van der Waals surface area contributed by atoms with Crippen molar-refractivity contribution in [2.24, 2.45) is 0 Å². The quantitative estimate of drug-likeness (QED) is 0.544. The van der Waals surface area contributed by atoms with Crippen molar-refractivity contribution in [3.05, 3.63) is 78.1 Å². The lowest BCUT2D eigenvalue weighted by atomic mass is 10.1. The summed E-state index contributed by atoms with van der Waals surface area (Å²) in [5, 5.41) is 6.30. The second-order valence-electron chi connectivity index (χ2n) is 5.70. The molecule has 0 fully saturated rings. The van der Waals surface area contributed by atoms with Crippen LogP contribution in [-0.4, -0.2) is 15.0 Å². The molecule has 25 heavy (non-hydrogen) atoms. The van der Waals surface area contributed by atoms with Gasteiger partial charge in [0.1, 0.15) is 0 Å². The maximum Gasteiger partial charge on any atom is 0.187 e. The van der Waals surface area contributed by atoms with Crippen molar-refractivity contribution in [1.82, 2.24) is 15.0 Å². The van der Waals surface area contributed by atoms with E-state index in [9.17, 15) is 0 Å². The zero-order valence-corrected chi connectivity index (χ0v) is 14.5. The van der Waals surface area contributed by atoms with Gasteiger partial charge in [0, 0.05) is 40.8 Å². The second kappa shape index (κ2) is 6.83. The predicted molar refractivity (Wildman–Crippen MR) is 103 cm³/mol. The highest BCUT2D eigenvalue weighted by molar-refractivity contribution is 7.14. The molecule has 1 N–H and O–H groups in total. The molecule has 4 nitrogen and oxygen atoms in total. The summed E-state index contributed by atoms with van der Waals surface area (Å²) in [4.78, 5) is 13.2. The molecule has 0 saturated heterocycles. The van der Waals surface area contributed by atoms with Gasteiger partial charge in [-0.2, -0.15) is 0 Å². The third-order valence-corrected chi connectivity index (χ3v) is 4.56. The predicted octanol–water partition coefficient (Wildman–Crippen LogP) is 5.32. The zero-order valence-electron chi connectivity index (χ0n) is 13.7. The molecule has 0 atom stereocenters. The van der Waals surface area contributed by atoms with Gasteiger partial charge in [0.25, 0.3) is 0 Å². The Bertz CT molecular complexity index is 995. The Hall–Kier alpha value is -3.05. The van der Waals surface area contributed by atoms with Crippen LogP contribution in [0.15, 0.2) is 72.5 Å². The van der Waals surface area contributed by atoms with Crippen LogP contribution in [0.1, 0.15) is 5.56 Å². The molecule has 5 heteroatoms. The first kappa shape index (κ1) is 15.5. The summed E-state index contributed by atoms with van der Waals surface area (Å²) in [6.07, 6.45) is 5.37. The van der Waals surface area contributed by atoms with E-state index in [0.29, 0.717) is 0 Å². The summed E-state index contributed by atoms with van der Waals surface area (Å²) in [5.41, 5.74) is 6.23. The number of hydrogen-bond acceptors (Lipinski definition) is 5. The molecule has 0 aliphatic heterocycles. The number of thiazole rings is 1. The van der Waals surface area contributed by atoms with E-state index in [4.69, 9.17) is 4.98 Å². The van der Waals surface area contributed by atoms with Gasteiger partial charge in [0.05, 0.1) is 11.4 Å². The number of aromatic nitrogens is 3. The average Bonchev–Trinajstić information content (AvgIpc) is 3.11. The van der Waals surface area contributed by atoms with E-state index in [0.717, 1.165) is 33.3 Å². The first-order chi connectivity index (χ1) is 12.3. The number of rotatable bonds is 4. The van der Waals surface area contributed by atoms with Gasteiger partial charge >= 0.3 is 0 Å². The molecule has 3 heterocycles. The van der Waals surface area contributed by atoms with Gasteiger partial charge in [-0.1, -0.05) is 12.1 Å². The van der Waals surface area contributed by atoms with E-state index in [1.807, 2.05) is 36.5 Å². The number of pyridine rings is 2. The highest BCUT2D eigenvalue weighted by atomic mass is 32.1. The Morgan fingerprint density at radius 3 is 2.56 bits per heavy atom. The summed E-state index contributed by atoms with van der Waals surface area (Å²) in [5.74, 6) is 0. The van der Waals surface area contributed by atoms with Crippen LogP contribution in [0.3, 0.4) is 0 Å². The van der Waals surface area contributed by atoms with E-state index in [2.05, 4.69) is 45.8 Å². The minimum absolute atomic E-state index is 0.878. The van der Waals surface area contributed by atoms with Crippen molar-refractivity contribution in [3.63, 3.8) is 0 Å². The normalized spacial score (nSPS) is 10.6. The Labute approximate surface area is 150 Å². The van der Waals surface area contributed by atoms with Crippen molar-refractivity contribution in [2.75, 3.05) is 5.32 Å². The largest absolute Gasteiger partial charge is 0.332 e. The van der Waals surface area contributed by atoms with Crippen LogP contribution in [0.25, 0.3) is 22.5 Å². The standard InChI is InChI=1S/C20H16N4S/c1-14-3-2-4-17(11-14)23-20-24-19(13-25-20)16-7-10-22-18(12-16)15-5-8-21-9-6-15/h2-13H,1H3,(H,23,24). The molecule has 0 aliphatic carbocycles. The van der Waals surface area contributed by atoms with Gasteiger partial charge in [-0.05, 0) is 48.9 Å². The third-order valence-electron chi connectivity index (χ3n) is 3.81. The average molecular weight is 344 g/mol. The molecule has 122 valence electrons. The Balaban J connectivity index is 1.60. The van der Waals surface area contributed by atoms with Crippen molar-refractivity contribution in [1.29, 1.82) is 0 Å². The van der Waals surface area contributed by atoms with Gasteiger partial charge in [-0.3, -0.25) is 9.97 Å². The number of hydrogen-bond donors (Lipinski definition) is 1. The maximum absolute atomic E-state index is 4.71. The molecule has 0 radical (unpaired) electrons. The number of nitrogens with one attached hydrogen (secondary N) is 1. The highest BCUT2D eigenvalue weighted by Gasteiger charge is 2.07. The summed E-state index contributed by atoms with van der Waals surface area (Å²) < 4.78 is 0. The fourth-order valence-corrected chi connectivity index (χ4v) is 3.32. The van der Waals surface area contributed by atoms with Gasteiger partial charge in [0.2, 0.25) is 0 Å². The number of nitrogens with zero attached hydrogens (tertiary/aromatic N) is 3. The molecule has 3 aromatic heterocycles. The van der Waals surface area contributed by atoms with E-state index < -0.39 is 0 Å². The fourth-order valence-electron chi connectivity index (χ4n) is 2.58. The lowest BCUT2D eigenvalue weighted by Crippen LogP contribution is -1.90. The first-order valence-corrected chi connectivity index (χ1v) is 8.82. The monoisotopic (exact) mass is 344 g/mol. The van der Waals surface area contributed by atoms with Gasteiger partial charge in [-0.15, -0.1) is 11.3 Å². The molecular formula is C20H16N4S. The molecule has 4 rings (SSSR count). The Morgan fingerprint density at radius 1 is 0.880 bits per heavy atom. The second-order valence-corrected chi connectivity index (χ2v) is 6.56. The molecule has 0 aliphatic rings. The van der Waals surface area contributed by atoms with E-state index in [-0.39, 0.29) is 0 Å². The molecule has 0 unspecified atom stereocenters. The molecule has 0 bridgehead atoms. The summed E-state index contributed by atoms with van der Waals surface area (Å²) in [6, 6.07) is 16.2. The van der Waals surface area contributed by atoms with Crippen LogP contribution in [0, 0.1) is 6.92 Å². The van der Waals surface area contributed by atoms with Crippen LogP contribution in [0.5, 0.6) is 0 Å². The minimum atomic E-state index is 0.878. The van der Waals surface area contributed by atoms with Gasteiger partial charge < -0.3 is 5.32 Å².